The Balaban J connectivity index is 1.77. The number of rotatable bonds is 4. The first kappa shape index (κ1) is 14.5. The Labute approximate surface area is 130 Å². The van der Waals surface area contributed by atoms with Crippen LogP contribution in [0.5, 0.6) is 0 Å². The largest absolute Gasteiger partial charge is 0.311 e. The molecule has 0 atom stereocenters. The zero-order valence-electron chi connectivity index (χ0n) is 12.6. The summed E-state index contributed by atoms with van der Waals surface area (Å²) >= 11 is 1.81. The predicted molar refractivity (Wildman–Crippen MR) is 87.6 cm³/mol. The van der Waals surface area contributed by atoms with Gasteiger partial charge in [-0.15, -0.1) is 11.8 Å². The Morgan fingerprint density at radius 3 is 2.76 bits per heavy atom. The van der Waals surface area contributed by atoms with Gasteiger partial charge in [-0.25, -0.2) is 9.97 Å². The van der Waals surface area contributed by atoms with E-state index in [4.69, 9.17) is 9.97 Å². The van der Waals surface area contributed by atoms with Crippen LogP contribution in [0.2, 0.25) is 0 Å². The molecule has 0 saturated heterocycles. The average molecular weight is 299 g/mol. The van der Waals surface area contributed by atoms with Crippen molar-refractivity contribution >= 4 is 11.8 Å². The molecule has 0 bridgehead atoms. The number of nitrogens with zero attached hydrogens (tertiary/aromatic N) is 2. The molecule has 0 radical (unpaired) electrons. The minimum atomic E-state index is 0.837. The summed E-state index contributed by atoms with van der Waals surface area (Å²) in [5.74, 6) is 1.79. The van der Waals surface area contributed by atoms with Crippen molar-refractivity contribution in [3.8, 4) is 0 Å². The van der Waals surface area contributed by atoms with Gasteiger partial charge in [-0.3, -0.25) is 0 Å². The molecular formula is C17H21N3S. The third-order valence-electron chi connectivity index (χ3n) is 3.79. The van der Waals surface area contributed by atoms with Crippen LogP contribution >= 0.6 is 11.8 Å². The number of aryl methyl sites for hydroxylation is 2. The Morgan fingerprint density at radius 1 is 1.19 bits per heavy atom. The van der Waals surface area contributed by atoms with Crippen LogP contribution in [0, 0.1) is 6.92 Å². The van der Waals surface area contributed by atoms with Gasteiger partial charge < -0.3 is 5.32 Å². The van der Waals surface area contributed by atoms with Crippen LogP contribution in [-0.2, 0) is 25.1 Å². The van der Waals surface area contributed by atoms with Crippen molar-refractivity contribution in [1.82, 2.24) is 15.3 Å². The van der Waals surface area contributed by atoms with E-state index in [2.05, 4.69) is 43.4 Å². The number of aromatic nitrogens is 2. The van der Waals surface area contributed by atoms with Crippen molar-refractivity contribution in [2.45, 2.75) is 43.9 Å². The fourth-order valence-corrected chi connectivity index (χ4v) is 3.39. The van der Waals surface area contributed by atoms with Crippen LogP contribution in [0.25, 0.3) is 0 Å². The second kappa shape index (κ2) is 6.58. The first-order chi connectivity index (χ1) is 10.3. The summed E-state index contributed by atoms with van der Waals surface area (Å²) in [6.45, 7) is 6.22. The van der Waals surface area contributed by atoms with Crippen LogP contribution < -0.4 is 5.32 Å². The van der Waals surface area contributed by atoms with E-state index in [-0.39, 0.29) is 0 Å². The lowest BCUT2D eigenvalue weighted by molar-refractivity contribution is 0.611. The quantitative estimate of drug-likeness (QED) is 0.879. The van der Waals surface area contributed by atoms with Gasteiger partial charge in [0.25, 0.3) is 0 Å². The summed E-state index contributed by atoms with van der Waals surface area (Å²) in [5, 5.41) is 3.40. The van der Waals surface area contributed by atoms with Crippen LogP contribution in [0.3, 0.4) is 0 Å². The van der Waals surface area contributed by atoms with Crippen molar-refractivity contribution < 1.29 is 0 Å². The standard InChI is InChI=1S/C17H21N3S/c1-3-15-14-8-9-18-10-16(14)20-17(19-15)11-21-13-6-4-12(2)5-7-13/h4-7,18H,3,8-11H2,1-2H3. The molecule has 0 spiro atoms. The lowest BCUT2D eigenvalue weighted by Gasteiger charge is -2.19. The van der Waals surface area contributed by atoms with E-state index in [1.807, 2.05) is 0 Å². The van der Waals surface area contributed by atoms with Crippen LogP contribution in [0.4, 0.5) is 0 Å². The summed E-state index contributed by atoms with van der Waals surface area (Å²) in [4.78, 5) is 10.8. The number of nitrogens with one attached hydrogen (secondary N) is 1. The van der Waals surface area contributed by atoms with Gasteiger partial charge in [0.1, 0.15) is 5.82 Å². The molecule has 0 aliphatic carbocycles. The molecule has 0 amide bonds. The second-order valence-corrected chi connectivity index (χ2v) is 6.44. The molecule has 21 heavy (non-hydrogen) atoms. The van der Waals surface area contributed by atoms with Gasteiger partial charge in [0, 0.05) is 17.1 Å². The smallest absolute Gasteiger partial charge is 0.139 e. The van der Waals surface area contributed by atoms with E-state index < -0.39 is 0 Å². The summed E-state index contributed by atoms with van der Waals surface area (Å²) < 4.78 is 0. The highest BCUT2D eigenvalue weighted by Crippen LogP contribution is 2.23. The molecule has 1 aromatic carbocycles. The van der Waals surface area contributed by atoms with E-state index in [0.717, 1.165) is 37.5 Å². The molecule has 1 aliphatic rings. The summed E-state index contributed by atoms with van der Waals surface area (Å²) in [6.07, 6.45) is 2.05. The Kier molecular flexibility index (Phi) is 4.56. The van der Waals surface area contributed by atoms with E-state index in [9.17, 15) is 0 Å². The minimum Gasteiger partial charge on any atom is -0.311 e. The number of fused-ring (bicyclic) bond motifs is 1. The average Bonchev–Trinajstić information content (AvgIpc) is 2.53. The molecule has 1 aliphatic heterocycles. The van der Waals surface area contributed by atoms with E-state index in [1.165, 1.54) is 27.4 Å². The summed E-state index contributed by atoms with van der Waals surface area (Å²) in [6, 6.07) is 8.64. The fourth-order valence-electron chi connectivity index (χ4n) is 2.63. The minimum absolute atomic E-state index is 0.837. The van der Waals surface area contributed by atoms with Crippen LogP contribution in [-0.4, -0.2) is 16.5 Å². The van der Waals surface area contributed by atoms with Gasteiger partial charge in [-0.2, -0.15) is 0 Å². The molecule has 0 saturated carbocycles. The van der Waals surface area contributed by atoms with Gasteiger partial charge in [0.05, 0.1) is 11.4 Å². The number of benzene rings is 1. The Bertz CT molecular complexity index is 605. The highest BCUT2D eigenvalue weighted by molar-refractivity contribution is 7.98. The zero-order chi connectivity index (χ0) is 14.7. The van der Waals surface area contributed by atoms with E-state index in [0.29, 0.717) is 0 Å². The van der Waals surface area contributed by atoms with Crippen molar-refractivity contribution in [1.29, 1.82) is 0 Å². The van der Waals surface area contributed by atoms with Crippen molar-refractivity contribution in [3.05, 3.63) is 52.6 Å². The predicted octanol–water partition coefficient (Wildman–Crippen LogP) is 3.29. The maximum Gasteiger partial charge on any atom is 0.139 e. The van der Waals surface area contributed by atoms with E-state index >= 15 is 0 Å². The van der Waals surface area contributed by atoms with Crippen LogP contribution in [0.1, 0.15) is 35.3 Å². The molecule has 4 heteroatoms. The van der Waals surface area contributed by atoms with Gasteiger partial charge >= 0.3 is 0 Å². The summed E-state index contributed by atoms with van der Waals surface area (Å²) in [5.41, 5.74) is 5.11. The lowest BCUT2D eigenvalue weighted by Crippen LogP contribution is -2.27. The van der Waals surface area contributed by atoms with Gasteiger partial charge in [0.15, 0.2) is 0 Å². The zero-order valence-corrected chi connectivity index (χ0v) is 13.5. The SMILES string of the molecule is CCc1nc(CSc2ccc(C)cc2)nc2c1CCNC2. The molecule has 0 unspecified atom stereocenters. The maximum atomic E-state index is 4.78. The van der Waals surface area contributed by atoms with Crippen molar-refractivity contribution in [3.63, 3.8) is 0 Å². The molecule has 0 fully saturated rings. The fraction of sp³-hybridized carbons (Fsp3) is 0.412. The molecule has 2 aromatic rings. The first-order valence-electron chi connectivity index (χ1n) is 7.54. The Morgan fingerprint density at radius 2 is 2.00 bits per heavy atom. The van der Waals surface area contributed by atoms with Gasteiger partial charge in [-0.05, 0) is 44.0 Å². The molecule has 3 rings (SSSR count). The normalized spacial score (nSPS) is 14.0. The third-order valence-corrected chi connectivity index (χ3v) is 4.80. The maximum absolute atomic E-state index is 4.78. The summed E-state index contributed by atoms with van der Waals surface area (Å²) in [7, 11) is 0. The number of hydrogen-bond acceptors (Lipinski definition) is 4. The van der Waals surface area contributed by atoms with Crippen molar-refractivity contribution in [2.24, 2.45) is 0 Å². The monoisotopic (exact) mass is 299 g/mol. The van der Waals surface area contributed by atoms with Crippen LogP contribution in [0.15, 0.2) is 29.2 Å². The molecule has 3 nitrogen and oxygen atoms in total. The number of hydrogen-bond donors (Lipinski definition) is 1. The van der Waals surface area contributed by atoms with Gasteiger partial charge in [-0.1, -0.05) is 24.6 Å². The lowest BCUT2D eigenvalue weighted by atomic mass is 10.0. The Hall–Kier alpha value is -1.39. The highest BCUT2D eigenvalue weighted by Gasteiger charge is 2.16. The highest BCUT2D eigenvalue weighted by atomic mass is 32.2. The topological polar surface area (TPSA) is 37.8 Å². The number of thioether (sulfide) groups is 1. The van der Waals surface area contributed by atoms with Gasteiger partial charge in [0.2, 0.25) is 0 Å². The molecule has 1 N–H and O–H groups in total. The molecule has 2 heterocycles. The van der Waals surface area contributed by atoms with Crippen molar-refractivity contribution in [2.75, 3.05) is 6.54 Å². The second-order valence-electron chi connectivity index (χ2n) is 5.39. The first-order valence-corrected chi connectivity index (χ1v) is 8.52. The molecule has 1 aromatic heterocycles. The van der Waals surface area contributed by atoms with E-state index in [1.54, 1.807) is 11.8 Å². The molecule has 110 valence electrons. The third kappa shape index (κ3) is 3.44. The molecular weight excluding hydrogens is 278 g/mol.